The zero-order valence-corrected chi connectivity index (χ0v) is 31.5. The quantitative estimate of drug-likeness (QED) is 0.0424. The van der Waals surface area contributed by atoms with Crippen LogP contribution in [0.25, 0.3) is 21.8 Å². The third kappa shape index (κ3) is 10.6. The molecule has 1 aromatic heterocycles. The maximum Gasteiger partial charge on any atom is 0.343 e. The second kappa shape index (κ2) is 20.0. The van der Waals surface area contributed by atoms with E-state index < -0.39 is 11.9 Å². The van der Waals surface area contributed by atoms with Crippen molar-refractivity contribution in [1.29, 1.82) is 0 Å². The van der Waals surface area contributed by atoms with Crippen LogP contribution in [-0.4, -0.2) is 38.6 Å². The number of esters is 1. The molecule has 5 aromatic carbocycles. The van der Waals surface area contributed by atoms with Crippen molar-refractivity contribution in [1.82, 2.24) is 15.0 Å². The standard InChI is InChI=1S/C45H50N4O6/c1-2-3-4-5-6-7-8-9-10-11-12-20-29-53-41-26-19-18-25-38(41)46-44(51)37-31-42(35-23-16-17-24-36(35)43(37)50)54-32-49-40-28-27-33(30-39(40)47-48-49)45(52)55-34-21-14-13-15-22-34/h13-19,21-28,30-31,50H,2-12,20,29,32H2,1H3,(H,46,51). The van der Waals surface area contributed by atoms with E-state index in [0.29, 0.717) is 56.9 Å². The van der Waals surface area contributed by atoms with Crippen molar-refractivity contribution in [3.05, 3.63) is 114 Å². The van der Waals surface area contributed by atoms with Crippen molar-refractivity contribution >= 4 is 39.4 Å². The fourth-order valence-corrected chi connectivity index (χ4v) is 6.61. The Morgan fingerprint density at radius 1 is 0.691 bits per heavy atom. The fourth-order valence-electron chi connectivity index (χ4n) is 6.61. The Labute approximate surface area is 322 Å². The first-order valence-electron chi connectivity index (χ1n) is 19.5. The number of ether oxygens (including phenoxy) is 3. The number of hydrogen-bond donors (Lipinski definition) is 2. The summed E-state index contributed by atoms with van der Waals surface area (Å²) in [6, 6.07) is 29.9. The molecule has 0 saturated heterocycles. The maximum absolute atomic E-state index is 13.7. The summed E-state index contributed by atoms with van der Waals surface area (Å²) in [5.74, 6) is 0.231. The van der Waals surface area contributed by atoms with Crippen molar-refractivity contribution in [3.8, 4) is 23.0 Å². The molecule has 0 aliphatic heterocycles. The molecule has 10 nitrogen and oxygen atoms in total. The molecule has 0 aliphatic carbocycles. The van der Waals surface area contributed by atoms with Crippen LogP contribution in [0.5, 0.6) is 23.0 Å². The lowest BCUT2D eigenvalue weighted by Crippen LogP contribution is -2.14. The van der Waals surface area contributed by atoms with Gasteiger partial charge < -0.3 is 24.6 Å². The Hall–Kier alpha value is -5.90. The molecule has 0 saturated carbocycles. The lowest BCUT2D eigenvalue weighted by molar-refractivity contribution is 0.0734. The molecule has 1 heterocycles. The van der Waals surface area contributed by atoms with Crippen LogP contribution in [0.2, 0.25) is 0 Å². The Morgan fingerprint density at radius 2 is 1.35 bits per heavy atom. The highest BCUT2D eigenvalue weighted by Gasteiger charge is 2.20. The summed E-state index contributed by atoms with van der Waals surface area (Å²) in [6.07, 6.45) is 15.2. The maximum atomic E-state index is 13.7. The smallest absolute Gasteiger partial charge is 0.343 e. The topological polar surface area (TPSA) is 125 Å². The number of carbonyl (C=O) groups is 2. The van der Waals surface area contributed by atoms with Crippen LogP contribution in [0, 0.1) is 0 Å². The normalized spacial score (nSPS) is 11.1. The number of anilines is 1. The van der Waals surface area contributed by atoms with E-state index in [0.717, 1.165) is 12.8 Å². The Bertz CT molecular complexity index is 2170. The second-order valence-corrected chi connectivity index (χ2v) is 13.8. The number of rotatable bonds is 21. The molecule has 6 rings (SSSR count). The van der Waals surface area contributed by atoms with Crippen LogP contribution >= 0.6 is 0 Å². The molecule has 0 aliphatic rings. The Kier molecular flexibility index (Phi) is 14.1. The summed E-state index contributed by atoms with van der Waals surface area (Å²) >= 11 is 0. The SMILES string of the molecule is CCCCCCCCCCCCCCOc1ccccc1NC(=O)c1cc(OCn2nnc3cc(C(=O)Oc4ccccc4)ccc32)c2ccccc2c1O. The molecule has 0 unspecified atom stereocenters. The molecule has 0 atom stereocenters. The van der Waals surface area contributed by atoms with E-state index >= 15 is 0 Å². The average molecular weight is 743 g/mol. The van der Waals surface area contributed by atoms with Gasteiger partial charge in [-0.15, -0.1) is 5.10 Å². The van der Waals surface area contributed by atoms with E-state index in [-0.39, 0.29) is 18.0 Å². The minimum absolute atomic E-state index is 0.0457. The summed E-state index contributed by atoms with van der Waals surface area (Å²) in [5, 5.41) is 23.7. The van der Waals surface area contributed by atoms with Gasteiger partial charge in [-0.3, -0.25) is 4.79 Å². The Morgan fingerprint density at radius 3 is 2.09 bits per heavy atom. The van der Waals surface area contributed by atoms with Gasteiger partial charge in [0.05, 0.1) is 28.9 Å². The summed E-state index contributed by atoms with van der Waals surface area (Å²) in [4.78, 5) is 26.5. The minimum Gasteiger partial charge on any atom is -0.506 e. The molecule has 6 aromatic rings. The molecule has 1 amide bonds. The van der Waals surface area contributed by atoms with Crippen LogP contribution in [0.3, 0.4) is 0 Å². The van der Waals surface area contributed by atoms with Gasteiger partial charge in [-0.1, -0.05) is 137 Å². The van der Waals surface area contributed by atoms with Crippen molar-refractivity contribution in [2.45, 2.75) is 90.7 Å². The van der Waals surface area contributed by atoms with E-state index in [2.05, 4.69) is 22.6 Å². The van der Waals surface area contributed by atoms with Gasteiger partial charge >= 0.3 is 5.97 Å². The summed E-state index contributed by atoms with van der Waals surface area (Å²) < 4.78 is 19.3. The van der Waals surface area contributed by atoms with Crippen LogP contribution in [0.15, 0.2) is 103 Å². The van der Waals surface area contributed by atoms with Gasteiger partial charge in [-0.25, -0.2) is 9.48 Å². The average Bonchev–Trinajstić information content (AvgIpc) is 3.62. The van der Waals surface area contributed by atoms with Crippen molar-refractivity contribution in [2.24, 2.45) is 0 Å². The molecule has 286 valence electrons. The number of fused-ring (bicyclic) bond motifs is 2. The number of aromatic nitrogens is 3. The summed E-state index contributed by atoms with van der Waals surface area (Å²) in [5.41, 5.74) is 2.02. The molecule has 2 N–H and O–H groups in total. The van der Waals surface area contributed by atoms with E-state index in [1.165, 1.54) is 70.3 Å². The summed E-state index contributed by atoms with van der Waals surface area (Å²) in [6.45, 7) is 2.77. The molecular weight excluding hydrogens is 693 g/mol. The fraction of sp³-hybridized carbons (Fsp3) is 0.333. The van der Waals surface area contributed by atoms with Gasteiger partial charge in [0, 0.05) is 10.8 Å². The van der Waals surface area contributed by atoms with E-state index in [4.69, 9.17) is 14.2 Å². The highest BCUT2D eigenvalue weighted by atomic mass is 16.5. The summed E-state index contributed by atoms with van der Waals surface area (Å²) in [7, 11) is 0. The van der Waals surface area contributed by atoms with Crippen LogP contribution in [0.1, 0.15) is 105 Å². The van der Waals surface area contributed by atoms with E-state index in [1.807, 2.05) is 36.4 Å². The van der Waals surface area contributed by atoms with Gasteiger partial charge in [0.1, 0.15) is 28.5 Å². The molecule has 0 fully saturated rings. The van der Waals surface area contributed by atoms with Crippen molar-refractivity contribution in [2.75, 3.05) is 11.9 Å². The molecule has 0 spiro atoms. The number of unbranched alkanes of at least 4 members (excludes halogenated alkanes) is 11. The van der Waals surface area contributed by atoms with E-state index in [1.54, 1.807) is 65.3 Å². The number of benzene rings is 5. The highest BCUT2D eigenvalue weighted by Crippen LogP contribution is 2.37. The highest BCUT2D eigenvalue weighted by molar-refractivity contribution is 6.11. The van der Waals surface area contributed by atoms with Crippen LogP contribution < -0.4 is 19.5 Å². The van der Waals surface area contributed by atoms with Gasteiger partial charge in [0.15, 0.2) is 6.73 Å². The molecule has 0 bridgehead atoms. The first-order valence-corrected chi connectivity index (χ1v) is 19.5. The number of amides is 1. The number of aromatic hydroxyl groups is 1. The zero-order valence-electron chi connectivity index (χ0n) is 31.5. The third-order valence-corrected chi connectivity index (χ3v) is 9.66. The van der Waals surface area contributed by atoms with Crippen LogP contribution in [-0.2, 0) is 6.73 Å². The van der Waals surface area contributed by atoms with Gasteiger partial charge in [-0.2, -0.15) is 0 Å². The molecule has 10 heteroatoms. The van der Waals surface area contributed by atoms with Gasteiger partial charge in [0.25, 0.3) is 5.91 Å². The predicted octanol–water partition coefficient (Wildman–Crippen LogP) is 10.9. The molecule has 55 heavy (non-hydrogen) atoms. The first kappa shape index (κ1) is 38.8. The lowest BCUT2D eigenvalue weighted by Gasteiger charge is -2.16. The van der Waals surface area contributed by atoms with Gasteiger partial charge in [-0.05, 0) is 55.0 Å². The minimum atomic E-state index is -0.506. The van der Waals surface area contributed by atoms with Crippen LogP contribution in [0.4, 0.5) is 5.69 Å². The largest absolute Gasteiger partial charge is 0.506 e. The van der Waals surface area contributed by atoms with Crippen molar-refractivity contribution < 1.29 is 28.9 Å². The van der Waals surface area contributed by atoms with Crippen molar-refractivity contribution in [3.63, 3.8) is 0 Å². The second-order valence-electron chi connectivity index (χ2n) is 13.8. The monoisotopic (exact) mass is 742 g/mol. The number of para-hydroxylation sites is 3. The predicted molar refractivity (Wildman–Crippen MR) is 216 cm³/mol. The Balaban J connectivity index is 1.05. The lowest BCUT2D eigenvalue weighted by atomic mass is 10.0. The molecule has 0 radical (unpaired) electrons. The zero-order chi connectivity index (χ0) is 38.2. The number of carbonyl (C=O) groups excluding carboxylic acids is 2. The third-order valence-electron chi connectivity index (χ3n) is 9.66. The first-order chi connectivity index (χ1) is 27.0. The number of phenolic OH excluding ortho intramolecular Hbond substituents is 1. The van der Waals surface area contributed by atoms with Gasteiger partial charge in [0.2, 0.25) is 0 Å². The number of nitrogens with zero attached hydrogens (tertiary/aromatic N) is 3. The number of phenols is 1. The number of hydrogen-bond acceptors (Lipinski definition) is 8. The van der Waals surface area contributed by atoms with E-state index in [9.17, 15) is 14.7 Å². The number of nitrogens with one attached hydrogen (secondary N) is 1. The molecular formula is C45H50N4O6.